The van der Waals surface area contributed by atoms with Crippen LogP contribution in [0.2, 0.25) is 5.02 Å². The molecule has 106 valence electrons. The Hall–Kier alpha value is -1.31. The average Bonchev–Trinajstić information content (AvgIpc) is 2.46. The molecule has 2 rings (SSSR count). The molecule has 0 aromatic heterocycles. The first-order valence-corrected chi connectivity index (χ1v) is 7.70. The lowest BCUT2D eigenvalue weighted by molar-refractivity contribution is 0.630. The van der Waals surface area contributed by atoms with Gasteiger partial charge in [0, 0.05) is 5.02 Å². The highest BCUT2D eigenvalue weighted by Gasteiger charge is 2.15. The number of aryl methyl sites for hydroxylation is 1. The van der Waals surface area contributed by atoms with Gasteiger partial charge in [0.1, 0.15) is 0 Å². The lowest BCUT2D eigenvalue weighted by Crippen LogP contribution is -2.22. The third-order valence-electron chi connectivity index (χ3n) is 3.45. The second kappa shape index (κ2) is 7.47. The van der Waals surface area contributed by atoms with Crippen LogP contribution in [0.1, 0.15) is 43.0 Å². The summed E-state index contributed by atoms with van der Waals surface area (Å²) < 4.78 is 0. The number of rotatable bonds is 6. The van der Waals surface area contributed by atoms with Crippen LogP contribution in [0.15, 0.2) is 48.5 Å². The van der Waals surface area contributed by atoms with E-state index in [1.807, 2.05) is 18.2 Å². The molecule has 2 aromatic carbocycles. The average molecular weight is 288 g/mol. The third-order valence-corrected chi connectivity index (χ3v) is 3.79. The quantitative estimate of drug-likeness (QED) is 0.789. The van der Waals surface area contributed by atoms with Crippen LogP contribution in [0.3, 0.4) is 0 Å². The molecule has 2 aromatic rings. The van der Waals surface area contributed by atoms with Crippen molar-refractivity contribution in [3.05, 3.63) is 70.2 Å². The minimum Gasteiger partial charge on any atom is -0.306 e. The predicted molar refractivity (Wildman–Crippen MR) is 87.4 cm³/mol. The van der Waals surface area contributed by atoms with Crippen LogP contribution in [0.4, 0.5) is 0 Å². The van der Waals surface area contributed by atoms with Crippen molar-refractivity contribution in [2.24, 2.45) is 0 Å². The van der Waals surface area contributed by atoms with Crippen molar-refractivity contribution in [1.29, 1.82) is 0 Å². The maximum absolute atomic E-state index is 6.37. The largest absolute Gasteiger partial charge is 0.306 e. The molecule has 2 heteroatoms. The minimum atomic E-state index is 0.158. The van der Waals surface area contributed by atoms with E-state index in [-0.39, 0.29) is 6.04 Å². The molecule has 20 heavy (non-hydrogen) atoms. The van der Waals surface area contributed by atoms with E-state index in [1.165, 1.54) is 17.5 Å². The molecule has 1 atom stereocenters. The van der Waals surface area contributed by atoms with E-state index in [2.05, 4.69) is 49.5 Å². The summed E-state index contributed by atoms with van der Waals surface area (Å²) in [4.78, 5) is 0. The fourth-order valence-corrected chi connectivity index (χ4v) is 2.78. The normalized spacial score (nSPS) is 12.3. The summed E-state index contributed by atoms with van der Waals surface area (Å²) in [6.07, 6.45) is 2.29. The van der Waals surface area contributed by atoms with Crippen molar-refractivity contribution in [2.45, 2.75) is 32.7 Å². The Balaban J connectivity index is 2.38. The van der Waals surface area contributed by atoms with E-state index in [9.17, 15) is 0 Å². The first-order valence-electron chi connectivity index (χ1n) is 7.33. The molecule has 1 unspecified atom stereocenters. The van der Waals surface area contributed by atoms with Gasteiger partial charge in [-0.3, -0.25) is 0 Å². The monoisotopic (exact) mass is 287 g/mol. The topological polar surface area (TPSA) is 12.0 Å². The molecule has 1 N–H and O–H groups in total. The van der Waals surface area contributed by atoms with Crippen LogP contribution in [-0.4, -0.2) is 6.54 Å². The molecule has 0 aliphatic rings. The lowest BCUT2D eigenvalue weighted by Gasteiger charge is -2.21. The standard InChI is InChI=1S/C18H22ClN/c1-3-8-14-9-7-10-15(13-14)18(20-4-2)16-11-5-6-12-17(16)19/h5-7,9-13,18,20H,3-4,8H2,1-2H3. The van der Waals surface area contributed by atoms with E-state index < -0.39 is 0 Å². The summed E-state index contributed by atoms with van der Waals surface area (Å²) in [5, 5.41) is 4.36. The van der Waals surface area contributed by atoms with Crippen molar-refractivity contribution < 1.29 is 0 Å². The minimum absolute atomic E-state index is 0.158. The highest BCUT2D eigenvalue weighted by Crippen LogP contribution is 2.28. The van der Waals surface area contributed by atoms with Crippen LogP contribution in [0.5, 0.6) is 0 Å². The van der Waals surface area contributed by atoms with Gasteiger partial charge >= 0.3 is 0 Å². The summed E-state index contributed by atoms with van der Waals surface area (Å²) >= 11 is 6.37. The molecular formula is C18H22ClN. The Morgan fingerprint density at radius 3 is 2.55 bits per heavy atom. The van der Waals surface area contributed by atoms with Crippen molar-refractivity contribution >= 4 is 11.6 Å². The van der Waals surface area contributed by atoms with E-state index in [0.717, 1.165) is 23.6 Å². The molecule has 1 nitrogen and oxygen atoms in total. The summed E-state index contributed by atoms with van der Waals surface area (Å²) in [5.74, 6) is 0. The van der Waals surface area contributed by atoms with Gasteiger partial charge in [0.2, 0.25) is 0 Å². The van der Waals surface area contributed by atoms with Crippen LogP contribution in [0.25, 0.3) is 0 Å². The number of nitrogens with one attached hydrogen (secondary N) is 1. The van der Waals surface area contributed by atoms with Gasteiger partial charge in [-0.2, -0.15) is 0 Å². The summed E-state index contributed by atoms with van der Waals surface area (Å²) in [7, 11) is 0. The first-order chi connectivity index (χ1) is 9.76. The predicted octanol–water partition coefficient (Wildman–Crippen LogP) is 4.99. The van der Waals surface area contributed by atoms with Gasteiger partial charge in [0.05, 0.1) is 6.04 Å². The van der Waals surface area contributed by atoms with E-state index in [1.54, 1.807) is 0 Å². The molecule has 0 bridgehead atoms. The maximum Gasteiger partial charge on any atom is 0.0591 e. The van der Waals surface area contributed by atoms with Gasteiger partial charge in [-0.1, -0.05) is 74.3 Å². The number of halogens is 1. The van der Waals surface area contributed by atoms with E-state index >= 15 is 0 Å². The van der Waals surface area contributed by atoms with Gasteiger partial charge in [-0.15, -0.1) is 0 Å². The molecule has 0 amide bonds. The third kappa shape index (κ3) is 3.62. The fraction of sp³-hybridized carbons (Fsp3) is 0.333. The molecule has 0 saturated carbocycles. The lowest BCUT2D eigenvalue weighted by atomic mass is 9.96. The zero-order valence-electron chi connectivity index (χ0n) is 12.2. The Kier molecular flexibility index (Phi) is 5.63. The molecule has 0 heterocycles. The number of hydrogen-bond donors (Lipinski definition) is 1. The molecule has 0 aliphatic heterocycles. The van der Waals surface area contributed by atoms with Gasteiger partial charge in [-0.05, 0) is 35.7 Å². The van der Waals surface area contributed by atoms with Gasteiger partial charge in [0.15, 0.2) is 0 Å². The number of benzene rings is 2. The SMILES string of the molecule is CCCc1cccc(C(NCC)c2ccccc2Cl)c1. The summed E-state index contributed by atoms with van der Waals surface area (Å²) in [6, 6.07) is 17.0. The maximum atomic E-state index is 6.37. The van der Waals surface area contributed by atoms with Gasteiger partial charge < -0.3 is 5.32 Å². The molecular weight excluding hydrogens is 266 g/mol. The zero-order chi connectivity index (χ0) is 14.4. The number of hydrogen-bond acceptors (Lipinski definition) is 1. The van der Waals surface area contributed by atoms with Crippen LogP contribution in [0, 0.1) is 0 Å². The highest BCUT2D eigenvalue weighted by molar-refractivity contribution is 6.31. The van der Waals surface area contributed by atoms with Crippen LogP contribution < -0.4 is 5.32 Å². The Morgan fingerprint density at radius 1 is 1.05 bits per heavy atom. The van der Waals surface area contributed by atoms with Gasteiger partial charge in [0.25, 0.3) is 0 Å². The van der Waals surface area contributed by atoms with Crippen molar-refractivity contribution in [1.82, 2.24) is 5.32 Å². The first kappa shape index (κ1) is 15.1. The smallest absolute Gasteiger partial charge is 0.0591 e. The van der Waals surface area contributed by atoms with E-state index in [0.29, 0.717) is 0 Å². The highest BCUT2D eigenvalue weighted by atomic mass is 35.5. The molecule has 0 radical (unpaired) electrons. The second-order valence-electron chi connectivity index (χ2n) is 5.01. The molecule has 0 spiro atoms. The van der Waals surface area contributed by atoms with Crippen molar-refractivity contribution in [3.63, 3.8) is 0 Å². The van der Waals surface area contributed by atoms with Gasteiger partial charge in [-0.25, -0.2) is 0 Å². The van der Waals surface area contributed by atoms with E-state index in [4.69, 9.17) is 11.6 Å². The van der Waals surface area contributed by atoms with Crippen LogP contribution in [-0.2, 0) is 6.42 Å². The van der Waals surface area contributed by atoms with Crippen molar-refractivity contribution in [2.75, 3.05) is 6.54 Å². The Labute approximate surface area is 127 Å². The van der Waals surface area contributed by atoms with Crippen LogP contribution >= 0.6 is 11.6 Å². The fourth-order valence-electron chi connectivity index (χ4n) is 2.54. The zero-order valence-corrected chi connectivity index (χ0v) is 13.0. The van der Waals surface area contributed by atoms with Crippen molar-refractivity contribution in [3.8, 4) is 0 Å². The molecule has 0 aliphatic carbocycles. The summed E-state index contributed by atoms with van der Waals surface area (Å²) in [5.41, 5.74) is 3.82. The summed E-state index contributed by atoms with van der Waals surface area (Å²) in [6.45, 7) is 5.25. The Bertz CT molecular complexity index is 551. The second-order valence-corrected chi connectivity index (χ2v) is 5.41. The molecule has 0 fully saturated rings. The molecule has 0 saturated heterocycles. The Morgan fingerprint density at radius 2 is 1.85 bits per heavy atom.